The molecule has 0 spiro atoms. The predicted octanol–water partition coefficient (Wildman–Crippen LogP) is 4.38. The zero-order valence-corrected chi connectivity index (χ0v) is 20.6. The summed E-state index contributed by atoms with van der Waals surface area (Å²) in [5, 5.41) is 11.5. The van der Waals surface area contributed by atoms with Gasteiger partial charge in [-0.1, -0.05) is 12.1 Å². The SMILES string of the molecule is CC(=O)N1CCN(c2ccc(C3(Nc4ccc(OCc5ccc(C(F)(F)F)nc5)nn4)CC3)cc2F)CC1. The van der Waals surface area contributed by atoms with E-state index in [-0.39, 0.29) is 24.2 Å². The fourth-order valence-electron chi connectivity index (χ4n) is 4.48. The quantitative estimate of drug-likeness (QED) is 0.454. The van der Waals surface area contributed by atoms with Gasteiger partial charge in [0.1, 0.15) is 23.9 Å². The van der Waals surface area contributed by atoms with Gasteiger partial charge >= 0.3 is 6.18 Å². The van der Waals surface area contributed by atoms with Crippen LogP contribution in [0, 0.1) is 5.82 Å². The van der Waals surface area contributed by atoms with E-state index < -0.39 is 17.4 Å². The van der Waals surface area contributed by atoms with Crippen LogP contribution in [0.25, 0.3) is 0 Å². The van der Waals surface area contributed by atoms with Crippen molar-refractivity contribution in [2.24, 2.45) is 0 Å². The number of alkyl halides is 3. The molecule has 0 unspecified atom stereocenters. The van der Waals surface area contributed by atoms with Crippen LogP contribution in [0.2, 0.25) is 0 Å². The Kier molecular flexibility index (Phi) is 6.80. The van der Waals surface area contributed by atoms with Crippen molar-refractivity contribution >= 4 is 17.4 Å². The first-order valence-electron chi connectivity index (χ1n) is 12.2. The molecule has 0 bridgehead atoms. The smallest absolute Gasteiger partial charge is 0.433 e. The maximum atomic E-state index is 15.1. The Morgan fingerprint density at radius 3 is 2.37 bits per heavy atom. The van der Waals surface area contributed by atoms with E-state index in [9.17, 15) is 18.0 Å². The highest BCUT2D eigenvalue weighted by atomic mass is 19.4. The van der Waals surface area contributed by atoms with E-state index in [1.807, 2.05) is 11.0 Å². The highest BCUT2D eigenvalue weighted by molar-refractivity contribution is 5.73. The van der Waals surface area contributed by atoms with Gasteiger partial charge in [-0.2, -0.15) is 13.2 Å². The number of anilines is 2. The lowest BCUT2D eigenvalue weighted by Gasteiger charge is -2.36. The fourth-order valence-corrected chi connectivity index (χ4v) is 4.48. The second-order valence-electron chi connectivity index (χ2n) is 9.46. The first-order chi connectivity index (χ1) is 18.1. The van der Waals surface area contributed by atoms with E-state index in [4.69, 9.17) is 4.74 Å². The summed E-state index contributed by atoms with van der Waals surface area (Å²) in [5.41, 5.74) is 0.406. The summed E-state index contributed by atoms with van der Waals surface area (Å²) < 4.78 is 58.5. The topological polar surface area (TPSA) is 83.5 Å². The maximum Gasteiger partial charge on any atom is 0.433 e. The standard InChI is InChI=1S/C26H26F4N6O2/c1-17(37)35-10-12-36(13-11-35)21-4-3-19(14-20(21)27)25(8-9-25)32-23-6-7-24(34-33-23)38-16-18-2-5-22(31-15-18)26(28,29)30/h2-7,14-15H,8-13,16H2,1H3,(H,32,33). The zero-order valence-electron chi connectivity index (χ0n) is 20.6. The van der Waals surface area contributed by atoms with Crippen molar-refractivity contribution in [3.8, 4) is 5.88 Å². The van der Waals surface area contributed by atoms with E-state index >= 15 is 4.39 Å². The second kappa shape index (κ2) is 10.1. The van der Waals surface area contributed by atoms with Crippen molar-refractivity contribution in [1.82, 2.24) is 20.1 Å². The molecule has 3 aromatic rings. The Bertz CT molecular complexity index is 1290. The highest BCUT2D eigenvalue weighted by Gasteiger charge is 2.45. The fraction of sp³-hybridized carbons (Fsp3) is 0.385. The van der Waals surface area contributed by atoms with Crippen LogP contribution >= 0.6 is 0 Å². The van der Waals surface area contributed by atoms with Crippen LogP contribution in [0.3, 0.4) is 0 Å². The lowest BCUT2D eigenvalue weighted by molar-refractivity contribution is -0.141. The van der Waals surface area contributed by atoms with Gasteiger partial charge in [-0.25, -0.2) is 4.39 Å². The lowest BCUT2D eigenvalue weighted by atomic mass is 10.0. The number of ether oxygens (including phenoxy) is 1. The summed E-state index contributed by atoms with van der Waals surface area (Å²) in [4.78, 5) is 18.7. The Balaban J connectivity index is 1.18. The van der Waals surface area contributed by atoms with Gasteiger partial charge in [0, 0.05) is 50.9 Å². The minimum atomic E-state index is -4.49. The Labute approximate surface area is 216 Å². The molecule has 1 saturated carbocycles. The molecule has 0 atom stereocenters. The van der Waals surface area contributed by atoms with Crippen molar-refractivity contribution in [3.63, 3.8) is 0 Å². The summed E-state index contributed by atoms with van der Waals surface area (Å²) in [7, 11) is 0. The molecule has 2 aromatic heterocycles. The molecule has 1 aromatic carbocycles. The summed E-state index contributed by atoms with van der Waals surface area (Å²) >= 11 is 0. The number of hydrogen-bond donors (Lipinski definition) is 1. The van der Waals surface area contributed by atoms with Crippen molar-refractivity contribution in [1.29, 1.82) is 0 Å². The molecule has 5 rings (SSSR count). The molecule has 8 nitrogen and oxygen atoms in total. The summed E-state index contributed by atoms with van der Waals surface area (Å²) in [5.74, 6) is 0.428. The number of piperazine rings is 1. The Morgan fingerprint density at radius 1 is 1.05 bits per heavy atom. The minimum Gasteiger partial charge on any atom is -0.472 e. The molecule has 200 valence electrons. The number of nitrogens with one attached hydrogen (secondary N) is 1. The molecule has 1 amide bonds. The average molecular weight is 531 g/mol. The number of benzene rings is 1. The van der Waals surface area contributed by atoms with E-state index in [1.54, 1.807) is 36.1 Å². The summed E-state index contributed by atoms with van der Waals surface area (Å²) in [6, 6.07) is 10.7. The van der Waals surface area contributed by atoms with Gasteiger partial charge in [-0.05, 0) is 42.7 Å². The number of carbonyl (C=O) groups is 1. The van der Waals surface area contributed by atoms with Crippen LogP contribution < -0.4 is 15.0 Å². The number of hydrogen-bond acceptors (Lipinski definition) is 7. The molecular formula is C26H26F4N6O2. The van der Waals surface area contributed by atoms with Gasteiger partial charge in [-0.3, -0.25) is 9.78 Å². The number of nitrogens with zero attached hydrogens (tertiary/aromatic N) is 5. The number of aromatic nitrogens is 3. The molecule has 2 fully saturated rings. The third kappa shape index (κ3) is 5.63. The number of pyridine rings is 1. The van der Waals surface area contributed by atoms with E-state index in [0.717, 1.165) is 30.7 Å². The maximum absolute atomic E-state index is 15.1. The van der Waals surface area contributed by atoms with Crippen molar-refractivity contribution in [2.45, 2.75) is 38.1 Å². The van der Waals surface area contributed by atoms with E-state index in [0.29, 0.717) is 43.2 Å². The summed E-state index contributed by atoms with van der Waals surface area (Å²) in [6.45, 7) is 3.84. The Morgan fingerprint density at radius 2 is 1.82 bits per heavy atom. The molecule has 12 heteroatoms. The highest BCUT2D eigenvalue weighted by Crippen LogP contribution is 2.48. The number of amides is 1. The molecule has 38 heavy (non-hydrogen) atoms. The molecule has 3 heterocycles. The van der Waals surface area contributed by atoms with Gasteiger partial charge in [0.05, 0.1) is 11.2 Å². The molecule has 2 aliphatic rings. The third-order valence-electron chi connectivity index (χ3n) is 6.83. The van der Waals surface area contributed by atoms with Crippen LogP contribution in [-0.4, -0.2) is 52.2 Å². The zero-order chi connectivity index (χ0) is 26.9. The monoisotopic (exact) mass is 530 g/mol. The molecule has 1 N–H and O–H groups in total. The lowest BCUT2D eigenvalue weighted by Crippen LogP contribution is -2.48. The largest absolute Gasteiger partial charge is 0.472 e. The van der Waals surface area contributed by atoms with E-state index in [1.165, 1.54) is 6.07 Å². The first-order valence-corrected chi connectivity index (χ1v) is 12.2. The molecule has 1 aliphatic heterocycles. The average Bonchev–Trinajstić information content (AvgIpc) is 3.68. The predicted molar refractivity (Wildman–Crippen MR) is 131 cm³/mol. The number of rotatable bonds is 7. The molecule has 0 radical (unpaired) electrons. The van der Waals surface area contributed by atoms with Crippen LogP contribution in [0.1, 0.15) is 36.6 Å². The van der Waals surface area contributed by atoms with Crippen molar-refractivity contribution < 1.29 is 27.1 Å². The Hall–Kier alpha value is -3.96. The normalized spacial score (nSPS) is 16.8. The van der Waals surface area contributed by atoms with Gasteiger partial charge < -0.3 is 19.9 Å². The van der Waals surface area contributed by atoms with Gasteiger partial charge in [0.25, 0.3) is 0 Å². The van der Waals surface area contributed by atoms with Gasteiger partial charge in [0.2, 0.25) is 11.8 Å². The molecule has 1 aliphatic carbocycles. The van der Waals surface area contributed by atoms with Gasteiger partial charge in [0.15, 0.2) is 0 Å². The van der Waals surface area contributed by atoms with Crippen molar-refractivity contribution in [2.75, 3.05) is 36.4 Å². The van der Waals surface area contributed by atoms with E-state index in [2.05, 4.69) is 20.5 Å². The number of halogens is 4. The first kappa shape index (κ1) is 25.7. The summed E-state index contributed by atoms with van der Waals surface area (Å²) in [6.07, 6.45) is -1.76. The van der Waals surface area contributed by atoms with Crippen LogP contribution in [0.15, 0.2) is 48.7 Å². The minimum absolute atomic E-state index is 0.00798. The van der Waals surface area contributed by atoms with Crippen LogP contribution in [-0.2, 0) is 23.1 Å². The van der Waals surface area contributed by atoms with Crippen LogP contribution in [0.5, 0.6) is 5.88 Å². The number of carbonyl (C=O) groups excluding carboxylic acids is 1. The van der Waals surface area contributed by atoms with Gasteiger partial charge in [-0.15, -0.1) is 10.2 Å². The second-order valence-corrected chi connectivity index (χ2v) is 9.46. The van der Waals surface area contributed by atoms with Crippen molar-refractivity contribution in [3.05, 3.63) is 71.3 Å². The molecule has 1 saturated heterocycles. The molecular weight excluding hydrogens is 504 g/mol. The van der Waals surface area contributed by atoms with Crippen LogP contribution in [0.4, 0.5) is 29.1 Å². The third-order valence-corrected chi connectivity index (χ3v) is 6.83.